The molecule has 2 aromatic rings. The van der Waals surface area contributed by atoms with Gasteiger partial charge in [-0.05, 0) is 30.3 Å². The number of aromatic nitrogens is 1. The van der Waals surface area contributed by atoms with Gasteiger partial charge in [-0.2, -0.15) is 0 Å². The SMILES string of the molecule is Nc1cccnc1C(=O)Nc1ccc(Cl)c(F)c1. The number of nitrogens with two attached hydrogens (primary N) is 1. The Labute approximate surface area is 108 Å². The highest BCUT2D eigenvalue weighted by atomic mass is 35.5. The van der Waals surface area contributed by atoms with Gasteiger partial charge in [-0.25, -0.2) is 9.37 Å². The van der Waals surface area contributed by atoms with Crippen LogP contribution in [0.2, 0.25) is 5.02 Å². The van der Waals surface area contributed by atoms with Gasteiger partial charge in [-0.3, -0.25) is 4.79 Å². The number of pyridine rings is 1. The Morgan fingerprint density at radius 2 is 2.17 bits per heavy atom. The minimum Gasteiger partial charge on any atom is -0.397 e. The smallest absolute Gasteiger partial charge is 0.276 e. The summed E-state index contributed by atoms with van der Waals surface area (Å²) in [5.41, 5.74) is 6.24. The Morgan fingerprint density at radius 3 is 2.83 bits per heavy atom. The van der Waals surface area contributed by atoms with Gasteiger partial charge in [0.2, 0.25) is 0 Å². The maximum Gasteiger partial charge on any atom is 0.276 e. The van der Waals surface area contributed by atoms with Crippen molar-refractivity contribution in [3.63, 3.8) is 0 Å². The van der Waals surface area contributed by atoms with E-state index in [4.69, 9.17) is 17.3 Å². The summed E-state index contributed by atoms with van der Waals surface area (Å²) in [6.07, 6.45) is 1.45. The minimum absolute atomic E-state index is 0.00894. The highest BCUT2D eigenvalue weighted by Gasteiger charge is 2.11. The van der Waals surface area contributed by atoms with Crippen molar-refractivity contribution in [3.05, 3.63) is 53.1 Å². The fourth-order valence-corrected chi connectivity index (χ4v) is 1.49. The average Bonchev–Trinajstić information content (AvgIpc) is 2.34. The Kier molecular flexibility index (Phi) is 3.43. The van der Waals surface area contributed by atoms with Gasteiger partial charge in [-0.15, -0.1) is 0 Å². The van der Waals surface area contributed by atoms with Gasteiger partial charge >= 0.3 is 0 Å². The van der Waals surface area contributed by atoms with Crippen molar-refractivity contribution >= 4 is 28.9 Å². The van der Waals surface area contributed by atoms with Crippen LogP contribution >= 0.6 is 11.6 Å². The summed E-state index contributed by atoms with van der Waals surface area (Å²) in [7, 11) is 0. The molecule has 1 amide bonds. The number of carbonyl (C=O) groups is 1. The molecule has 0 aliphatic rings. The molecule has 0 aliphatic heterocycles. The molecule has 0 atom stereocenters. The quantitative estimate of drug-likeness (QED) is 0.877. The Bertz CT molecular complexity index is 604. The molecule has 1 heterocycles. The zero-order valence-electron chi connectivity index (χ0n) is 9.15. The number of nitrogens with zero attached hydrogens (tertiary/aromatic N) is 1. The van der Waals surface area contributed by atoms with E-state index >= 15 is 0 Å². The largest absolute Gasteiger partial charge is 0.397 e. The molecule has 0 radical (unpaired) electrons. The number of hydrogen-bond donors (Lipinski definition) is 2. The first-order valence-electron chi connectivity index (χ1n) is 5.05. The lowest BCUT2D eigenvalue weighted by atomic mass is 10.2. The lowest BCUT2D eigenvalue weighted by molar-refractivity contribution is 0.102. The van der Waals surface area contributed by atoms with Crippen LogP contribution in [0.4, 0.5) is 15.8 Å². The molecule has 0 unspecified atom stereocenters. The molecule has 0 aliphatic carbocycles. The van der Waals surface area contributed by atoms with Crippen molar-refractivity contribution < 1.29 is 9.18 Å². The van der Waals surface area contributed by atoms with Crippen LogP contribution < -0.4 is 11.1 Å². The molecule has 1 aromatic carbocycles. The summed E-state index contributed by atoms with van der Waals surface area (Å²) in [6.45, 7) is 0. The standard InChI is InChI=1S/C12H9ClFN3O/c13-8-4-3-7(6-9(8)14)17-12(18)11-10(15)2-1-5-16-11/h1-6H,15H2,(H,17,18). The van der Waals surface area contributed by atoms with Crippen molar-refractivity contribution in [2.75, 3.05) is 11.1 Å². The summed E-state index contributed by atoms with van der Waals surface area (Å²) in [4.78, 5) is 15.7. The number of halogens is 2. The molecule has 0 saturated heterocycles. The van der Waals surface area contributed by atoms with Crippen molar-refractivity contribution in [1.29, 1.82) is 0 Å². The number of benzene rings is 1. The van der Waals surface area contributed by atoms with E-state index in [0.29, 0.717) is 0 Å². The maximum atomic E-state index is 13.2. The molecule has 92 valence electrons. The third kappa shape index (κ3) is 2.57. The second-order valence-electron chi connectivity index (χ2n) is 3.52. The zero-order valence-corrected chi connectivity index (χ0v) is 9.91. The average molecular weight is 266 g/mol. The van der Waals surface area contributed by atoms with E-state index in [1.807, 2.05) is 0 Å². The van der Waals surface area contributed by atoms with Gasteiger partial charge < -0.3 is 11.1 Å². The van der Waals surface area contributed by atoms with Crippen LogP contribution in [0.5, 0.6) is 0 Å². The summed E-state index contributed by atoms with van der Waals surface area (Å²) >= 11 is 5.54. The molecule has 0 saturated carbocycles. The van der Waals surface area contributed by atoms with Gasteiger partial charge in [0.25, 0.3) is 5.91 Å². The Hall–Kier alpha value is -2.14. The van der Waals surface area contributed by atoms with E-state index < -0.39 is 11.7 Å². The number of hydrogen-bond acceptors (Lipinski definition) is 3. The first kappa shape index (κ1) is 12.3. The van der Waals surface area contributed by atoms with Crippen LogP contribution in [-0.4, -0.2) is 10.9 Å². The zero-order chi connectivity index (χ0) is 13.1. The lowest BCUT2D eigenvalue weighted by Crippen LogP contribution is -2.15. The second-order valence-corrected chi connectivity index (χ2v) is 3.93. The van der Waals surface area contributed by atoms with Crippen LogP contribution in [0.25, 0.3) is 0 Å². The van der Waals surface area contributed by atoms with E-state index in [9.17, 15) is 9.18 Å². The highest BCUT2D eigenvalue weighted by molar-refractivity contribution is 6.30. The van der Waals surface area contributed by atoms with Gasteiger partial charge in [0.1, 0.15) is 5.82 Å². The predicted octanol–water partition coefficient (Wildman–Crippen LogP) is 2.71. The molecule has 18 heavy (non-hydrogen) atoms. The van der Waals surface area contributed by atoms with Crippen LogP contribution in [-0.2, 0) is 0 Å². The maximum absolute atomic E-state index is 13.2. The van der Waals surface area contributed by atoms with Gasteiger partial charge in [0, 0.05) is 11.9 Å². The van der Waals surface area contributed by atoms with Crippen LogP contribution in [0.3, 0.4) is 0 Å². The number of amides is 1. The topological polar surface area (TPSA) is 68.0 Å². The predicted molar refractivity (Wildman–Crippen MR) is 68.0 cm³/mol. The number of nitrogen functional groups attached to an aromatic ring is 1. The van der Waals surface area contributed by atoms with E-state index in [1.165, 1.54) is 18.3 Å². The first-order chi connectivity index (χ1) is 8.58. The monoisotopic (exact) mass is 265 g/mol. The van der Waals surface area contributed by atoms with Gasteiger partial charge in [0.05, 0.1) is 10.7 Å². The third-order valence-corrected chi connectivity index (χ3v) is 2.54. The van der Waals surface area contributed by atoms with Crippen LogP contribution in [0.15, 0.2) is 36.5 Å². The highest BCUT2D eigenvalue weighted by Crippen LogP contribution is 2.19. The summed E-state index contributed by atoms with van der Waals surface area (Å²) in [5, 5.41) is 2.48. The minimum atomic E-state index is -0.608. The third-order valence-electron chi connectivity index (χ3n) is 2.23. The van der Waals surface area contributed by atoms with Crippen molar-refractivity contribution in [2.24, 2.45) is 0 Å². The molecule has 6 heteroatoms. The van der Waals surface area contributed by atoms with Crippen LogP contribution in [0, 0.1) is 5.82 Å². The first-order valence-corrected chi connectivity index (χ1v) is 5.42. The summed E-state index contributed by atoms with van der Waals surface area (Å²) in [5.74, 6) is -1.11. The molecule has 0 bridgehead atoms. The van der Waals surface area contributed by atoms with Crippen LogP contribution in [0.1, 0.15) is 10.5 Å². The molecular formula is C12H9ClFN3O. The number of nitrogens with one attached hydrogen (secondary N) is 1. The number of carbonyl (C=O) groups excluding carboxylic acids is 1. The van der Waals surface area contributed by atoms with Crippen molar-refractivity contribution in [1.82, 2.24) is 4.98 Å². The van der Waals surface area contributed by atoms with E-state index in [-0.39, 0.29) is 22.1 Å². The normalized spacial score (nSPS) is 10.1. The van der Waals surface area contributed by atoms with Gasteiger partial charge in [-0.1, -0.05) is 11.6 Å². The van der Waals surface area contributed by atoms with Crippen molar-refractivity contribution in [2.45, 2.75) is 0 Å². The Balaban J connectivity index is 2.22. The fraction of sp³-hybridized carbons (Fsp3) is 0. The number of anilines is 2. The molecule has 3 N–H and O–H groups in total. The summed E-state index contributed by atoms with van der Waals surface area (Å²) in [6, 6.07) is 7.15. The van der Waals surface area contributed by atoms with Gasteiger partial charge in [0.15, 0.2) is 5.69 Å². The van der Waals surface area contributed by atoms with Crippen molar-refractivity contribution in [3.8, 4) is 0 Å². The summed E-state index contributed by atoms with van der Waals surface area (Å²) < 4.78 is 13.2. The second kappa shape index (κ2) is 5.01. The Morgan fingerprint density at radius 1 is 1.39 bits per heavy atom. The fourth-order valence-electron chi connectivity index (χ4n) is 1.37. The molecule has 0 spiro atoms. The molecule has 0 fully saturated rings. The molecular weight excluding hydrogens is 257 g/mol. The molecule has 1 aromatic heterocycles. The lowest BCUT2D eigenvalue weighted by Gasteiger charge is -2.06. The molecule has 4 nitrogen and oxygen atoms in total. The molecule has 2 rings (SSSR count). The van der Waals surface area contributed by atoms with E-state index in [0.717, 1.165) is 6.07 Å². The van der Waals surface area contributed by atoms with E-state index in [2.05, 4.69) is 10.3 Å². The number of rotatable bonds is 2. The van der Waals surface area contributed by atoms with E-state index in [1.54, 1.807) is 12.1 Å².